The van der Waals surface area contributed by atoms with Crippen molar-refractivity contribution in [2.45, 2.75) is 19.2 Å². The van der Waals surface area contributed by atoms with Gasteiger partial charge >= 0.3 is 6.18 Å². The van der Waals surface area contributed by atoms with Crippen LogP contribution < -0.4 is 0 Å². The molecule has 0 heterocycles. The molecule has 0 fully saturated rings. The quantitative estimate of drug-likeness (QED) is 0.717. The summed E-state index contributed by atoms with van der Waals surface area (Å²) in [5.74, 6) is 0. The number of methoxy groups -OCH3 is 1. The molecule has 78 valence electrons. The average Bonchev–Trinajstić information content (AvgIpc) is 2.15. The average molecular weight is 204 g/mol. The molecule has 0 bridgehead atoms. The maximum Gasteiger partial charge on any atom is 0.416 e. The van der Waals surface area contributed by atoms with Gasteiger partial charge in [0.2, 0.25) is 0 Å². The van der Waals surface area contributed by atoms with Crippen LogP contribution in [0.2, 0.25) is 0 Å². The normalized spacial score (nSPS) is 14.1. The van der Waals surface area contributed by atoms with Crippen molar-refractivity contribution in [3.05, 3.63) is 35.4 Å². The Kier molecular flexibility index (Phi) is 3.16. The molecule has 1 nitrogen and oxygen atoms in total. The minimum absolute atomic E-state index is 0.322. The molecule has 0 aliphatic carbocycles. The van der Waals surface area contributed by atoms with Gasteiger partial charge in [-0.1, -0.05) is 12.1 Å². The van der Waals surface area contributed by atoms with Crippen LogP contribution in [0.4, 0.5) is 13.2 Å². The first-order valence-electron chi connectivity index (χ1n) is 4.15. The van der Waals surface area contributed by atoms with Crippen LogP contribution in [-0.2, 0) is 10.9 Å². The number of benzene rings is 1. The SMILES string of the molecule is CO[C@H](C)c1cccc(C(F)(F)F)c1. The van der Waals surface area contributed by atoms with Crippen molar-refractivity contribution in [1.82, 2.24) is 0 Å². The molecule has 0 saturated heterocycles. The standard InChI is InChI=1S/C10H11F3O/c1-7(14-2)8-4-3-5-9(6-8)10(11,12)13/h3-7H,1-2H3/t7-/m1/s1. The van der Waals surface area contributed by atoms with Crippen molar-refractivity contribution in [2.24, 2.45) is 0 Å². The summed E-state index contributed by atoms with van der Waals surface area (Å²) in [7, 11) is 1.46. The van der Waals surface area contributed by atoms with Crippen molar-refractivity contribution in [3.63, 3.8) is 0 Å². The second-order valence-corrected chi connectivity index (χ2v) is 3.00. The molecule has 1 atom stereocenters. The number of rotatable bonds is 2. The molecule has 0 aliphatic rings. The van der Waals surface area contributed by atoms with Gasteiger partial charge in [-0.25, -0.2) is 0 Å². The number of alkyl halides is 3. The van der Waals surface area contributed by atoms with Gasteiger partial charge in [-0.15, -0.1) is 0 Å². The van der Waals surface area contributed by atoms with E-state index in [1.807, 2.05) is 0 Å². The third-order valence-corrected chi connectivity index (χ3v) is 2.04. The van der Waals surface area contributed by atoms with Gasteiger partial charge in [-0.3, -0.25) is 0 Å². The fourth-order valence-corrected chi connectivity index (χ4v) is 1.10. The van der Waals surface area contributed by atoms with E-state index in [1.165, 1.54) is 13.2 Å². The second kappa shape index (κ2) is 4.00. The highest BCUT2D eigenvalue weighted by Crippen LogP contribution is 2.31. The van der Waals surface area contributed by atoms with Gasteiger partial charge in [0.05, 0.1) is 11.7 Å². The summed E-state index contributed by atoms with van der Waals surface area (Å²) in [6.07, 6.45) is -4.61. The summed E-state index contributed by atoms with van der Waals surface area (Å²) in [6.45, 7) is 1.70. The molecule has 0 amide bonds. The molecular weight excluding hydrogens is 193 g/mol. The Bertz CT molecular complexity index is 306. The summed E-state index contributed by atoms with van der Waals surface area (Å²) >= 11 is 0. The largest absolute Gasteiger partial charge is 0.416 e. The van der Waals surface area contributed by atoms with Crippen LogP contribution in [0.3, 0.4) is 0 Å². The van der Waals surface area contributed by atoms with E-state index in [0.717, 1.165) is 12.1 Å². The molecule has 0 aliphatic heterocycles. The van der Waals surface area contributed by atoms with Crippen LogP contribution in [0, 0.1) is 0 Å². The Morgan fingerprint density at radius 2 is 1.93 bits per heavy atom. The minimum Gasteiger partial charge on any atom is -0.377 e. The molecule has 0 spiro atoms. The smallest absolute Gasteiger partial charge is 0.377 e. The molecule has 0 N–H and O–H groups in total. The van der Waals surface area contributed by atoms with Gasteiger partial charge in [-0.05, 0) is 24.6 Å². The summed E-state index contributed by atoms with van der Waals surface area (Å²) in [6, 6.07) is 5.15. The number of hydrogen-bond acceptors (Lipinski definition) is 1. The predicted molar refractivity (Wildman–Crippen MR) is 46.9 cm³/mol. The Hall–Kier alpha value is -1.03. The van der Waals surface area contributed by atoms with Gasteiger partial charge < -0.3 is 4.74 Å². The highest BCUT2D eigenvalue weighted by atomic mass is 19.4. The maximum atomic E-state index is 12.3. The van der Waals surface area contributed by atoms with Crippen LogP contribution in [0.1, 0.15) is 24.2 Å². The van der Waals surface area contributed by atoms with Crippen LogP contribution in [-0.4, -0.2) is 7.11 Å². The summed E-state index contributed by atoms with van der Waals surface area (Å²) in [5, 5.41) is 0. The highest BCUT2D eigenvalue weighted by molar-refractivity contribution is 5.26. The fourth-order valence-electron chi connectivity index (χ4n) is 1.10. The Morgan fingerprint density at radius 1 is 1.29 bits per heavy atom. The maximum absolute atomic E-state index is 12.3. The molecule has 1 aromatic rings. The zero-order valence-corrected chi connectivity index (χ0v) is 7.93. The van der Waals surface area contributed by atoms with Crippen molar-refractivity contribution in [2.75, 3.05) is 7.11 Å². The van der Waals surface area contributed by atoms with E-state index >= 15 is 0 Å². The van der Waals surface area contributed by atoms with E-state index in [4.69, 9.17) is 4.74 Å². The first-order chi connectivity index (χ1) is 6.45. The molecule has 14 heavy (non-hydrogen) atoms. The lowest BCUT2D eigenvalue weighted by Crippen LogP contribution is -2.06. The van der Waals surface area contributed by atoms with Crippen molar-refractivity contribution < 1.29 is 17.9 Å². The topological polar surface area (TPSA) is 9.23 Å². The van der Waals surface area contributed by atoms with E-state index in [2.05, 4.69) is 0 Å². The molecular formula is C10H11F3O. The van der Waals surface area contributed by atoms with Crippen LogP contribution in [0.25, 0.3) is 0 Å². The van der Waals surface area contributed by atoms with Gasteiger partial charge in [0.15, 0.2) is 0 Å². The zero-order valence-electron chi connectivity index (χ0n) is 7.93. The fraction of sp³-hybridized carbons (Fsp3) is 0.400. The van der Waals surface area contributed by atoms with E-state index in [9.17, 15) is 13.2 Å². The van der Waals surface area contributed by atoms with E-state index in [-0.39, 0.29) is 6.10 Å². The third-order valence-electron chi connectivity index (χ3n) is 2.04. The molecule has 4 heteroatoms. The first-order valence-corrected chi connectivity index (χ1v) is 4.15. The lowest BCUT2D eigenvalue weighted by Gasteiger charge is -2.12. The molecule has 0 saturated carbocycles. The molecule has 1 aromatic carbocycles. The van der Waals surface area contributed by atoms with E-state index in [1.54, 1.807) is 13.0 Å². The number of hydrogen-bond donors (Lipinski definition) is 0. The summed E-state index contributed by atoms with van der Waals surface area (Å²) < 4.78 is 41.8. The lowest BCUT2D eigenvalue weighted by molar-refractivity contribution is -0.137. The predicted octanol–water partition coefficient (Wildman–Crippen LogP) is 3.41. The Labute approximate surface area is 80.5 Å². The van der Waals surface area contributed by atoms with Crippen molar-refractivity contribution in [1.29, 1.82) is 0 Å². The van der Waals surface area contributed by atoms with Crippen LogP contribution in [0.15, 0.2) is 24.3 Å². The van der Waals surface area contributed by atoms with Gasteiger partial charge in [-0.2, -0.15) is 13.2 Å². The Balaban J connectivity index is 3.01. The third kappa shape index (κ3) is 2.48. The Morgan fingerprint density at radius 3 is 2.43 bits per heavy atom. The second-order valence-electron chi connectivity index (χ2n) is 3.00. The van der Waals surface area contributed by atoms with Gasteiger partial charge in [0, 0.05) is 7.11 Å². The molecule has 1 rings (SSSR count). The van der Waals surface area contributed by atoms with E-state index in [0.29, 0.717) is 5.56 Å². The number of halogens is 3. The summed E-state index contributed by atoms with van der Waals surface area (Å²) in [4.78, 5) is 0. The number of ether oxygens (including phenoxy) is 1. The molecule has 0 unspecified atom stereocenters. The minimum atomic E-state index is -4.29. The first kappa shape index (κ1) is 11.0. The van der Waals surface area contributed by atoms with Crippen LogP contribution >= 0.6 is 0 Å². The van der Waals surface area contributed by atoms with E-state index < -0.39 is 11.7 Å². The van der Waals surface area contributed by atoms with Crippen LogP contribution in [0.5, 0.6) is 0 Å². The van der Waals surface area contributed by atoms with Crippen molar-refractivity contribution in [3.8, 4) is 0 Å². The molecule has 0 aromatic heterocycles. The summed E-state index contributed by atoms with van der Waals surface area (Å²) in [5.41, 5.74) is -0.110. The molecule has 0 radical (unpaired) electrons. The van der Waals surface area contributed by atoms with Gasteiger partial charge in [0.25, 0.3) is 0 Å². The monoisotopic (exact) mass is 204 g/mol. The van der Waals surface area contributed by atoms with Gasteiger partial charge in [0.1, 0.15) is 0 Å². The highest BCUT2D eigenvalue weighted by Gasteiger charge is 2.30. The lowest BCUT2D eigenvalue weighted by atomic mass is 10.1. The zero-order chi connectivity index (χ0) is 10.8. The van der Waals surface area contributed by atoms with Crippen molar-refractivity contribution >= 4 is 0 Å².